The third-order valence-electron chi connectivity index (χ3n) is 4.64. The van der Waals surface area contributed by atoms with Crippen molar-refractivity contribution in [2.45, 2.75) is 13.1 Å². The Balaban J connectivity index is 1.64. The molecule has 0 unspecified atom stereocenters. The summed E-state index contributed by atoms with van der Waals surface area (Å²) in [6.45, 7) is 0.590. The molecule has 1 amide bonds. The second-order valence-electron chi connectivity index (χ2n) is 6.25. The number of methoxy groups -OCH3 is 2. The van der Waals surface area contributed by atoms with Crippen LogP contribution in [0.2, 0.25) is 0 Å². The molecule has 0 atom stereocenters. The van der Waals surface area contributed by atoms with Crippen LogP contribution in [-0.2, 0) is 13.1 Å². The molecule has 0 radical (unpaired) electrons. The first kappa shape index (κ1) is 17.5. The van der Waals surface area contributed by atoms with Crippen molar-refractivity contribution in [3.8, 4) is 28.8 Å². The lowest BCUT2D eigenvalue weighted by Gasteiger charge is -2.12. The number of benzene rings is 1. The molecular formula is C20H17N5O3. The second-order valence-corrected chi connectivity index (χ2v) is 6.25. The minimum absolute atomic E-state index is 0.0801. The number of aromatic nitrogens is 3. The number of carbonyl (C=O) groups excluding carboxylic acids is 1. The van der Waals surface area contributed by atoms with Crippen molar-refractivity contribution in [1.82, 2.24) is 14.8 Å². The summed E-state index contributed by atoms with van der Waals surface area (Å²) in [5.74, 6) is 0.884. The van der Waals surface area contributed by atoms with Crippen LogP contribution in [0.3, 0.4) is 0 Å². The van der Waals surface area contributed by atoms with Gasteiger partial charge >= 0.3 is 0 Å². The molecule has 0 saturated heterocycles. The van der Waals surface area contributed by atoms with E-state index in [1.54, 1.807) is 37.7 Å². The van der Waals surface area contributed by atoms with Crippen molar-refractivity contribution in [2.24, 2.45) is 0 Å². The van der Waals surface area contributed by atoms with E-state index in [1.165, 1.54) is 4.68 Å². The lowest BCUT2D eigenvalue weighted by molar-refractivity contribution is 0.0996. The second kappa shape index (κ2) is 7.04. The van der Waals surface area contributed by atoms with Gasteiger partial charge in [0.05, 0.1) is 38.7 Å². The number of nitriles is 1. The number of anilines is 1. The van der Waals surface area contributed by atoms with Gasteiger partial charge in [0.15, 0.2) is 5.75 Å². The number of ether oxygens (including phenoxy) is 2. The van der Waals surface area contributed by atoms with E-state index < -0.39 is 0 Å². The lowest BCUT2D eigenvalue weighted by atomic mass is 10.0. The number of nitrogens with zero attached hydrogens (tertiary/aromatic N) is 5. The SMILES string of the molecule is COc1cc(-c2ccc3c(c2)CN(c2cnn(CC#N)c2)C3=O)cnc1OC. The van der Waals surface area contributed by atoms with Crippen LogP contribution in [-0.4, -0.2) is 34.9 Å². The van der Waals surface area contributed by atoms with E-state index in [1.807, 2.05) is 30.3 Å². The van der Waals surface area contributed by atoms with Crippen molar-refractivity contribution in [3.05, 3.63) is 54.0 Å². The summed E-state index contributed by atoms with van der Waals surface area (Å²) in [4.78, 5) is 18.7. The number of amides is 1. The third-order valence-corrected chi connectivity index (χ3v) is 4.64. The highest BCUT2D eigenvalue weighted by Crippen LogP contribution is 2.34. The van der Waals surface area contributed by atoms with Gasteiger partial charge in [0.1, 0.15) is 6.54 Å². The van der Waals surface area contributed by atoms with Crippen LogP contribution in [0.25, 0.3) is 11.1 Å². The largest absolute Gasteiger partial charge is 0.491 e. The quantitative estimate of drug-likeness (QED) is 0.681. The van der Waals surface area contributed by atoms with E-state index in [4.69, 9.17) is 14.7 Å². The molecule has 0 N–H and O–H groups in total. The van der Waals surface area contributed by atoms with E-state index in [0.717, 1.165) is 16.7 Å². The highest BCUT2D eigenvalue weighted by molar-refractivity contribution is 6.10. The van der Waals surface area contributed by atoms with Gasteiger partial charge < -0.3 is 14.4 Å². The Labute approximate surface area is 161 Å². The standard InChI is InChI=1S/C20H17N5O3/c1-27-18-8-14(9-22-19(18)28-2)13-3-4-17-15(7-13)11-25(20(17)26)16-10-23-24(12-16)6-5-21/h3-4,7-10,12H,6,11H2,1-2H3. The fourth-order valence-electron chi connectivity index (χ4n) is 3.25. The Hall–Kier alpha value is -3.86. The Morgan fingerprint density at radius 3 is 2.79 bits per heavy atom. The summed E-state index contributed by atoms with van der Waals surface area (Å²) in [7, 11) is 3.11. The van der Waals surface area contributed by atoms with Gasteiger partial charge in [0.25, 0.3) is 11.8 Å². The molecule has 28 heavy (non-hydrogen) atoms. The monoisotopic (exact) mass is 375 g/mol. The smallest absolute Gasteiger partial charge is 0.259 e. The van der Waals surface area contributed by atoms with Gasteiger partial charge in [-0.3, -0.25) is 9.48 Å². The maximum Gasteiger partial charge on any atom is 0.259 e. The Morgan fingerprint density at radius 1 is 1.18 bits per heavy atom. The van der Waals surface area contributed by atoms with Crippen LogP contribution < -0.4 is 14.4 Å². The summed E-state index contributed by atoms with van der Waals surface area (Å²) in [5.41, 5.74) is 4.05. The van der Waals surface area contributed by atoms with Crippen molar-refractivity contribution in [3.63, 3.8) is 0 Å². The third kappa shape index (κ3) is 2.93. The van der Waals surface area contributed by atoms with Crippen molar-refractivity contribution < 1.29 is 14.3 Å². The lowest BCUT2D eigenvalue weighted by Crippen LogP contribution is -2.22. The number of pyridine rings is 1. The Bertz CT molecular complexity index is 1100. The molecule has 8 heteroatoms. The minimum Gasteiger partial charge on any atom is -0.491 e. The predicted molar refractivity (Wildman–Crippen MR) is 101 cm³/mol. The zero-order valence-electron chi connectivity index (χ0n) is 15.4. The Morgan fingerprint density at radius 2 is 2.04 bits per heavy atom. The van der Waals surface area contributed by atoms with Gasteiger partial charge in [-0.05, 0) is 29.3 Å². The van der Waals surface area contributed by atoms with Crippen LogP contribution in [0.4, 0.5) is 5.69 Å². The topological polar surface area (TPSA) is 93.3 Å². The first-order valence-corrected chi connectivity index (χ1v) is 8.57. The van der Waals surface area contributed by atoms with Crippen molar-refractivity contribution in [2.75, 3.05) is 19.1 Å². The highest BCUT2D eigenvalue weighted by Gasteiger charge is 2.29. The van der Waals surface area contributed by atoms with Crippen molar-refractivity contribution >= 4 is 11.6 Å². The molecule has 2 aromatic heterocycles. The highest BCUT2D eigenvalue weighted by atomic mass is 16.5. The molecule has 3 aromatic rings. The van der Waals surface area contributed by atoms with Crippen molar-refractivity contribution in [1.29, 1.82) is 5.26 Å². The van der Waals surface area contributed by atoms with E-state index in [2.05, 4.69) is 10.1 Å². The summed E-state index contributed by atoms with van der Waals surface area (Å²) >= 11 is 0. The molecule has 140 valence electrons. The van der Waals surface area contributed by atoms with E-state index >= 15 is 0 Å². The summed E-state index contributed by atoms with van der Waals surface area (Å²) < 4.78 is 12.0. The average molecular weight is 375 g/mol. The minimum atomic E-state index is -0.0801. The maximum absolute atomic E-state index is 12.8. The summed E-state index contributed by atoms with van der Waals surface area (Å²) in [5, 5.41) is 12.9. The van der Waals surface area contributed by atoms with Crippen LogP contribution in [0.15, 0.2) is 42.9 Å². The molecule has 0 saturated carbocycles. The van der Waals surface area contributed by atoms with Crippen LogP contribution >= 0.6 is 0 Å². The maximum atomic E-state index is 12.8. The van der Waals surface area contributed by atoms with Crippen LogP contribution in [0.1, 0.15) is 15.9 Å². The molecule has 1 aliphatic heterocycles. The fourth-order valence-corrected chi connectivity index (χ4v) is 3.25. The number of carbonyl (C=O) groups is 1. The summed E-state index contributed by atoms with van der Waals surface area (Å²) in [6.07, 6.45) is 5.01. The van der Waals surface area contributed by atoms with Crippen LogP contribution in [0.5, 0.6) is 11.6 Å². The van der Waals surface area contributed by atoms with Gasteiger partial charge in [-0.25, -0.2) is 4.98 Å². The first-order valence-electron chi connectivity index (χ1n) is 8.57. The number of hydrogen-bond donors (Lipinski definition) is 0. The zero-order chi connectivity index (χ0) is 19.7. The van der Waals surface area contributed by atoms with E-state index in [-0.39, 0.29) is 12.5 Å². The molecule has 0 bridgehead atoms. The molecule has 4 rings (SSSR count). The first-order chi connectivity index (χ1) is 13.6. The predicted octanol–water partition coefficient (Wildman–Crippen LogP) is 2.65. The van der Waals surface area contributed by atoms with Gasteiger partial charge in [0, 0.05) is 23.5 Å². The van der Waals surface area contributed by atoms with Crippen LogP contribution in [0, 0.1) is 11.3 Å². The average Bonchev–Trinajstić information content (AvgIpc) is 3.31. The molecule has 3 heterocycles. The molecule has 0 aliphatic carbocycles. The van der Waals surface area contributed by atoms with E-state index in [9.17, 15) is 4.79 Å². The van der Waals surface area contributed by atoms with Gasteiger partial charge in [-0.1, -0.05) is 6.07 Å². The molecule has 0 fully saturated rings. The van der Waals surface area contributed by atoms with E-state index in [0.29, 0.717) is 29.4 Å². The van der Waals surface area contributed by atoms with Gasteiger partial charge in [0.2, 0.25) is 0 Å². The normalized spacial score (nSPS) is 12.6. The number of rotatable bonds is 5. The Kier molecular flexibility index (Phi) is 4.41. The molecule has 0 spiro atoms. The number of fused-ring (bicyclic) bond motifs is 1. The summed E-state index contributed by atoms with van der Waals surface area (Å²) in [6, 6.07) is 9.58. The molecule has 8 nitrogen and oxygen atoms in total. The molecular weight excluding hydrogens is 358 g/mol. The molecule has 1 aliphatic rings. The molecule has 1 aromatic carbocycles. The zero-order valence-corrected chi connectivity index (χ0v) is 15.4. The van der Waals surface area contributed by atoms with Gasteiger partial charge in [-0.15, -0.1) is 0 Å². The fraction of sp³-hybridized carbons (Fsp3) is 0.200. The number of hydrogen-bond acceptors (Lipinski definition) is 6. The van der Waals surface area contributed by atoms with Gasteiger partial charge in [-0.2, -0.15) is 10.4 Å².